The molecule has 1 amide bonds. The van der Waals surface area contributed by atoms with E-state index in [1.165, 1.54) is 6.20 Å². The third-order valence-corrected chi connectivity index (χ3v) is 9.45. The van der Waals surface area contributed by atoms with Gasteiger partial charge in [-0.15, -0.1) is 10.2 Å². The molecule has 0 bridgehead atoms. The quantitative estimate of drug-likeness (QED) is 0.199. The number of aryl methyl sites for hydroxylation is 1. The van der Waals surface area contributed by atoms with E-state index in [9.17, 15) is 9.90 Å². The van der Waals surface area contributed by atoms with E-state index >= 15 is 0 Å². The number of amides is 1. The highest BCUT2D eigenvalue weighted by atomic mass is 32.2. The van der Waals surface area contributed by atoms with Gasteiger partial charge in [0.1, 0.15) is 10.7 Å². The van der Waals surface area contributed by atoms with E-state index in [0.29, 0.717) is 17.8 Å². The first-order valence-corrected chi connectivity index (χ1v) is 15.8. The summed E-state index contributed by atoms with van der Waals surface area (Å²) in [5.74, 6) is 0.504. The third kappa shape index (κ3) is 6.92. The minimum atomic E-state index is -0.572. The van der Waals surface area contributed by atoms with Crippen molar-refractivity contribution in [2.75, 3.05) is 5.75 Å². The summed E-state index contributed by atoms with van der Waals surface area (Å²) in [7, 11) is 0. The van der Waals surface area contributed by atoms with Gasteiger partial charge in [-0.25, -0.2) is 4.98 Å². The second-order valence-electron chi connectivity index (χ2n) is 10.4. The number of aromatic nitrogens is 4. The van der Waals surface area contributed by atoms with Crippen LogP contribution in [0.2, 0.25) is 0 Å². The molecule has 0 unspecified atom stereocenters. The summed E-state index contributed by atoms with van der Waals surface area (Å²) in [6, 6.07) is 23.2. The van der Waals surface area contributed by atoms with Crippen LogP contribution in [0.4, 0.5) is 0 Å². The van der Waals surface area contributed by atoms with Crippen LogP contribution in [-0.2, 0) is 22.6 Å². The smallest absolute Gasteiger partial charge is 0.271 e. The van der Waals surface area contributed by atoms with Gasteiger partial charge >= 0.3 is 0 Å². The van der Waals surface area contributed by atoms with Crippen molar-refractivity contribution in [2.24, 2.45) is 5.92 Å². The fourth-order valence-corrected chi connectivity index (χ4v) is 6.94. The number of benzene rings is 3. The van der Waals surface area contributed by atoms with Crippen LogP contribution in [0, 0.1) is 12.8 Å². The predicted molar refractivity (Wildman–Crippen MR) is 165 cm³/mol. The second-order valence-corrected chi connectivity index (χ2v) is 12.8. The number of aliphatic hydroxyl groups excluding tert-OH is 1. The molecule has 5 aromatic rings. The van der Waals surface area contributed by atoms with Gasteiger partial charge in [-0.3, -0.25) is 9.78 Å². The molecule has 1 aliphatic rings. The molecule has 1 aliphatic heterocycles. The van der Waals surface area contributed by atoms with Crippen molar-refractivity contribution in [3.8, 4) is 0 Å². The zero-order chi connectivity index (χ0) is 29.8. The van der Waals surface area contributed by atoms with Gasteiger partial charge in [0.05, 0.1) is 36.0 Å². The van der Waals surface area contributed by atoms with Gasteiger partial charge in [0, 0.05) is 23.8 Å². The average molecular weight is 614 g/mol. The number of carbonyl (C=O) groups is 1. The molecule has 1 fully saturated rings. The van der Waals surface area contributed by atoms with E-state index in [1.54, 1.807) is 23.1 Å². The first-order valence-electron chi connectivity index (χ1n) is 14.0. The lowest BCUT2D eigenvalue weighted by molar-refractivity contribution is -0.268. The lowest BCUT2D eigenvalue weighted by atomic mass is 9.91. The number of thioether (sulfide) groups is 1. The van der Waals surface area contributed by atoms with Crippen molar-refractivity contribution < 1.29 is 19.4 Å². The summed E-state index contributed by atoms with van der Waals surface area (Å²) in [5, 5.41) is 21.7. The van der Waals surface area contributed by atoms with Gasteiger partial charge in [-0.05, 0) is 35.7 Å². The number of hydrogen-bond acceptors (Lipinski definition) is 10. The van der Waals surface area contributed by atoms with Crippen LogP contribution in [-0.4, -0.2) is 43.0 Å². The molecular weight excluding hydrogens is 583 g/mol. The molecule has 6 rings (SSSR count). The van der Waals surface area contributed by atoms with Gasteiger partial charge in [0.15, 0.2) is 10.6 Å². The Hall–Kier alpha value is -3.74. The molecule has 3 aromatic carbocycles. The van der Waals surface area contributed by atoms with E-state index in [-0.39, 0.29) is 36.3 Å². The highest BCUT2D eigenvalue weighted by molar-refractivity contribution is 8.01. The number of carbonyl (C=O) groups excluding carboxylic acids is 1. The van der Waals surface area contributed by atoms with Gasteiger partial charge in [0.25, 0.3) is 5.91 Å². The second kappa shape index (κ2) is 13.3. The topological polar surface area (TPSA) is 119 Å². The highest BCUT2D eigenvalue weighted by Gasteiger charge is 2.38. The van der Waals surface area contributed by atoms with E-state index in [2.05, 4.69) is 32.4 Å². The highest BCUT2D eigenvalue weighted by Crippen LogP contribution is 2.43. The van der Waals surface area contributed by atoms with E-state index < -0.39 is 6.29 Å². The van der Waals surface area contributed by atoms with E-state index in [4.69, 9.17) is 9.47 Å². The van der Waals surface area contributed by atoms with Crippen molar-refractivity contribution in [1.29, 1.82) is 0 Å². The fourth-order valence-electron chi connectivity index (χ4n) is 4.93. The molecular formula is C32H31N5O4S2. The fraction of sp³-hybridized carbons (Fsp3) is 0.281. The number of nitrogens with zero attached hydrogens (tertiary/aromatic N) is 4. The lowest BCUT2D eigenvalue weighted by Gasteiger charge is -2.41. The van der Waals surface area contributed by atoms with Crippen LogP contribution < -0.4 is 5.32 Å². The van der Waals surface area contributed by atoms with Crippen LogP contribution in [0.15, 0.2) is 83.3 Å². The average Bonchev–Trinajstić information content (AvgIpc) is 3.48. The van der Waals surface area contributed by atoms with Gasteiger partial charge in [-0.1, -0.05) is 90.7 Å². The van der Waals surface area contributed by atoms with Crippen LogP contribution in [0.3, 0.4) is 0 Å². The molecule has 0 radical (unpaired) electrons. The van der Waals surface area contributed by atoms with Crippen LogP contribution in [0.1, 0.15) is 57.1 Å². The minimum Gasteiger partial charge on any atom is -0.392 e. The standard InChI is InChI=1S/C32H31N5O4S2/c1-19-28(18-42-32-37-36-20(2)43-32)40-31(41-29(19)23-11-9-22(17-38)10-12-23)24-13-7-21(8-14-24)15-34-30(39)27-16-33-25-5-3-4-6-26(25)35-27/h3-14,16,19,28-29,31,38H,15,17-18H2,1-2H3,(H,34,39)/t19-,28+,29+,31+/m1/s1. The van der Waals surface area contributed by atoms with Crippen molar-refractivity contribution in [2.45, 2.75) is 49.8 Å². The normalized spacial score (nSPS) is 20.3. The molecule has 0 saturated carbocycles. The zero-order valence-corrected chi connectivity index (χ0v) is 25.3. The maximum atomic E-state index is 12.7. The Morgan fingerprint density at radius 3 is 2.40 bits per heavy atom. The number of nitrogens with one attached hydrogen (secondary N) is 1. The van der Waals surface area contributed by atoms with Gasteiger partial charge in [0.2, 0.25) is 0 Å². The number of aliphatic hydroxyl groups is 1. The molecule has 220 valence electrons. The Balaban J connectivity index is 1.15. The summed E-state index contributed by atoms with van der Waals surface area (Å²) in [6.07, 6.45) is 0.624. The van der Waals surface area contributed by atoms with Crippen molar-refractivity contribution in [3.05, 3.63) is 112 Å². The Bertz CT molecular complexity index is 1700. The number of fused-ring (bicyclic) bond motifs is 1. The largest absolute Gasteiger partial charge is 0.392 e. The third-order valence-electron chi connectivity index (χ3n) is 7.39. The summed E-state index contributed by atoms with van der Waals surface area (Å²) < 4.78 is 14.0. The predicted octanol–water partition coefficient (Wildman–Crippen LogP) is 5.80. The summed E-state index contributed by atoms with van der Waals surface area (Å²) in [6.45, 7) is 4.43. The Morgan fingerprint density at radius 1 is 0.953 bits per heavy atom. The first kappa shape index (κ1) is 29.3. The van der Waals surface area contributed by atoms with Crippen LogP contribution >= 0.6 is 23.1 Å². The zero-order valence-electron chi connectivity index (χ0n) is 23.7. The summed E-state index contributed by atoms with van der Waals surface area (Å²) in [4.78, 5) is 21.5. The van der Waals surface area contributed by atoms with Crippen molar-refractivity contribution in [3.63, 3.8) is 0 Å². The van der Waals surface area contributed by atoms with Crippen LogP contribution in [0.25, 0.3) is 11.0 Å². The number of ether oxygens (including phenoxy) is 2. The number of para-hydroxylation sites is 2. The molecule has 2 N–H and O–H groups in total. The monoisotopic (exact) mass is 613 g/mol. The van der Waals surface area contributed by atoms with E-state index in [1.807, 2.05) is 79.7 Å². The Labute approximate surface area is 257 Å². The Morgan fingerprint density at radius 2 is 1.67 bits per heavy atom. The molecule has 0 aliphatic carbocycles. The van der Waals surface area contributed by atoms with E-state index in [0.717, 1.165) is 37.1 Å². The summed E-state index contributed by atoms with van der Waals surface area (Å²) >= 11 is 3.22. The minimum absolute atomic E-state index is 0.00388. The van der Waals surface area contributed by atoms with Crippen molar-refractivity contribution >= 4 is 40.0 Å². The summed E-state index contributed by atoms with van der Waals surface area (Å²) in [5.41, 5.74) is 5.42. The Kier molecular flexibility index (Phi) is 9.06. The van der Waals surface area contributed by atoms with Crippen LogP contribution in [0.5, 0.6) is 0 Å². The SMILES string of the molecule is Cc1nnc(SC[C@@H]2O[C@H](c3ccc(CNC(=O)c4cnc5ccccc5n4)cc3)O[C@H](c3ccc(CO)cc3)[C@@H]2C)s1. The molecule has 0 spiro atoms. The maximum absolute atomic E-state index is 12.7. The molecule has 1 saturated heterocycles. The van der Waals surface area contributed by atoms with Gasteiger partial charge in [-0.2, -0.15) is 0 Å². The number of rotatable bonds is 9. The number of hydrogen-bond donors (Lipinski definition) is 2. The maximum Gasteiger partial charge on any atom is 0.271 e. The molecule has 11 heteroatoms. The molecule has 9 nitrogen and oxygen atoms in total. The molecule has 3 heterocycles. The lowest BCUT2D eigenvalue weighted by Crippen LogP contribution is -2.38. The molecule has 43 heavy (non-hydrogen) atoms. The molecule has 2 aromatic heterocycles. The van der Waals surface area contributed by atoms with Crippen molar-refractivity contribution in [1.82, 2.24) is 25.5 Å². The first-order chi connectivity index (χ1) is 21.0. The van der Waals surface area contributed by atoms with Gasteiger partial charge < -0.3 is 19.9 Å². The molecule has 4 atom stereocenters.